The summed E-state index contributed by atoms with van der Waals surface area (Å²) in [7, 11) is 0. The number of H-pyrrole nitrogens is 1. The maximum Gasteiger partial charge on any atom is 0.139 e. The molecule has 0 unspecified atom stereocenters. The van der Waals surface area contributed by atoms with Gasteiger partial charge >= 0.3 is 0 Å². The predicted molar refractivity (Wildman–Crippen MR) is 61.5 cm³/mol. The summed E-state index contributed by atoms with van der Waals surface area (Å²) >= 11 is 11.5. The van der Waals surface area contributed by atoms with Crippen molar-refractivity contribution in [1.29, 1.82) is 0 Å². The molecule has 0 spiro atoms. The van der Waals surface area contributed by atoms with Crippen LogP contribution in [0.25, 0.3) is 11.0 Å². The van der Waals surface area contributed by atoms with E-state index in [9.17, 15) is 0 Å². The van der Waals surface area contributed by atoms with Crippen molar-refractivity contribution in [2.75, 3.05) is 0 Å². The van der Waals surface area contributed by atoms with Crippen molar-refractivity contribution < 1.29 is 0 Å². The third kappa shape index (κ3) is 1.36. The molecule has 2 nitrogen and oxygen atoms in total. The number of pyridine rings is 1. The van der Waals surface area contributed by atoms with Crippen molar-refractivity contribution in [3.8, 4) is 0 Å². The summed E-state index contributed by atoms with van der Waals surface area (Å²) in [5.41, 5.74) is 0.826. The molecule has 0 bridgehead atoms. The number of nitrogens with one attached hydrogen (secondary N) is 1. The van der Waals surface area contributed by atoms with Crippen LogP contribution in [0.15, 0.2) is 16.7 Å². The largest absolute Gasteiger partial charge is 0.335 e. The molecule has 12 heavy (non-hydrogen) atoms. The summed E-state index contributed by atoms with van der Waals surface area (Å²) in [6.07, 6.45) is 1.69. The van der Waals surface area contributed by atoms with Crippen LogP contribution in [0.3, 0.4) is 0 Å². The van der Waals surface area contributed by atoms with Gasteiger partial charge in [-0.3, -0.25) is 0 Å². The number of nitrogens with zero attached hydrogens (tertiary/aromatic N) is 1. The highest BCUT2D eigenvalue weighted by Crippen LogP contribution is 2.29. The molecule has 0 atom stereocenters. The second kappa shape index (κ2) is 3.16. The summed E-state index contributed by atoms with van der Waals surface area (Å²) in [5.74, 6) is 0. The first kappa shape index (κ1) is 8.77. The van der Waals surface area contributed by atoms with E-state index in [1.165, 1.54) is 0 Å². The lowest BCUT2D eigenvalue weighted by molar-refractivity contribution is 1.29. The van der Waals surface area contributed by atoms with E-state index >= 15 is 0 Å². The van der Waals surface area contributed by atoms with Crippen LogP contribution >= 0.6 is 50.1 Å². The molecular weight excluding hydrogens is 354 g/mol. The van der Waals surface area contributed by atoms with E-state index in [1.807, 2.05) is 6.07 Å². The van der Waals surface area contributed by atoms with Gasteiger partial charge in [0.1, 0.15) is 5.65 Å². The van der Waals surface area contributed by atoms with E-state index in [-0.39, 0.29) is 0 Å². The normalized spacial score (nSPS) is 10.9. The molecule has 0 radical (unpaired) electrons. The van der Waals surface area contributed by atoms with Crippen molar-refractivity contribution in [1.82, 2.24) is 9.97 Å². The molecule has 0 saturated carbocycles. The first-order chi connectivity index (χ1) is 5.68. The van der Waals surface area contributed by atoms with Gasteiger partial charge in [-0.25, -0.2) is 4.98 Å². The van der Waals surface area contributed by atoms with Gasteiger partial charge in [0.05, 0.1) is 13.2 Å². The van der Waals surface area contributed by atoms with E-state index in [2.05, 4.69) is 48.5 Å². The fourth-order valence-corrected chi connectivity index (χ4v) is 2.06. The monoisotopic (exact) mass is 356 g/mol. The Bertz CT molecular complexity index is 440. The maximum atomic E-state index is 6.03. The van der Waals surface area contributed by atoms with E-state index in [0.29, 0.717) is 5.02 Å². The second-order valence-electron chi connectivity index (χ2n) is 2.30. The molecule has 1 N–H and O–H groups in total. The minimum absolute atomic E-state index is 0.708. The second-order valence-corrected chi connectivity index (χ2v) is 4.69. The van der Waals surface area contributed by atoms with Crippen LogP contribution in [0.4, 0.5) is 0 Å². The molecule has 5 heteroatoms. The highest BCUT2D eigenvalue weighted by atomic mass is 127. The number of aromatic amines is 1. The molecule has 2 aromatic heterocycles. The summed E-state index contributed by atoms with van der Waals surface area (Å²) in [6, 6.07) is 1.97. The van der Waals surface area contributed by atoms with Crippen LogP contribution in [0.2, 0.25) is 5.02 Å². The van der Waals surface area contributed by atoms with Gasteiger partial charge in [-0.05, 0) is 44.6 Å². The number of hydrogen-bond acceptors (Lipinski definition) is 1. The van der Waals surface area contributed by atoms with Crippen LogP contribution in [-0.2, 0) is 0 Å². The lowest BCUT2D eigenvalue weighted by Crippen LogP contribution is -1.77. The minimum atomic E-state index is 0.708. The van der Waals surface area contributed by atoms with Crippen LogP contribution in [0, 0.1) is 3.70 Å². The molecule has 0 aromatic carbocycles. The summed E-state index contributed by atoms with van der Waals surface area (Å²) in [6.45, 7) is 0. The first-order valence-electron chi connectivity index (χ1n) is 3.16. The van der Waals surface area contributed by atoms with Crippen LogP contribution in [0.1, 0.15) is 0 Å². The Balaban J connectivity index is 2.89. The predicted octanol–water partition coefficient (Wildman–Crippen LogP) is 3.58. The van der Waals surface area contributed by atoms with E-state index in [0.717, 1.165) is 19.2 Å². The molecule has 0 aliphatic rings. The van der Waals surface area contributed by atoms with Crippen LogP contribution in [0.5, 0.6) is 0 Å². The van der Waals surface area contributed by atoms with Crippen molar-refractivity contribution in [3.63, 3.8) is 0 Å². The maximum absolute atomic E-state index is 6.03. The van der Waals surface area contributed by atoms with Gasteiger partial charge in [0.2, 0.25) is 0 Å². The van der Waals surface area contributed by atoms with E-state index in [4.69, 9.17) is 11.6 Å². The van der Waals surface area contributed by atoms with Gasteiger partial charge in [0.15, 0.2) is 0 Å². The molecule has 0 saturated heterocycles. The van der Waals surface area contributed by atoms with Crippen LogP contribution < -0.4 is 0 Å². The van der Waals surface area contributed by atoms with Gasteiger partial charge in [-0.2, -0.15) is 0 Å². The zero-order chi connectivity index (χ0) is 8.72. The number of aromatic nitrogens is 2. The Morgan fingerprint density at radius 1 is 1.58 bits per heavy atom. The molecule has 2 aromatic rings. The van der Waals surface area contributed by atoms with Crippen LogP contribution in [-0.4, -0.2) is 9.97 Å². The fraction of sp³-hybridized carbons (Fsp3) is 0. The van der Waals surface area contributed by atoms with E-state index in [1.54, 1.807) is 6.20 Å². The molecule has 0 fully saturated rings. The van der Waals surface area contributed by atoms with Crippen molar-refractivity contribution >= 4 is 61.2 Å². The van der Waals surface area contributed by atoms with Gasteiger partial charge in [-0.15, -0.1) is 0 Å². The number of fused-ring (bicyclic) bond motifs is 1. The Hall–Kier alpha value is 0.190. The van der Waals surface area contributed by atoms with Crippen molar-refractivity contribution in [3.05, 3.63) is 25.5 Å². The third-order valence-corrected chi connectivity index (χ3v) is 3.33. The average molecular weight is 357 g/mol. The number of halogens is 3. The van der Waals surface area contributed by atoms with Gasteiger partial charge in [-0.1, -0.05) is 11.6 Å². The lowest BCUT2D eigenvalue weighted by atomic mass is 10.3. The SMILES string of the molecule is Clc1c(Br)cnc2[nH]c(I)cc12. The molecule has 0 aliphatic heterocycles. The lowest BCUT2D eigenvalue weighted by Gasteiger charge is -1.94. The Morgan fingerprint density at radius 2 is 2.33 bits per heavy atom. The van der Waals surface area contributed by atoms with Gasteiger partial charge in [0.25, 0.3) is 0 Å². The summed E-state index contributed by atoms with van der Waals surface area (Å²) in [5, 5.41) is 1.66. The molecular formula is C7H3BrClIN2. The zero-order valence-corrected chi connectivity index (χ0v) is 10.2. The van der Waals surface area contributed by atoms with Crippen molar-refractivity contribution in [2.45, 2.75) is 0 Å². The third-order valence-electron chi connectivity index (χ3n) is 1.52. The standard InChI is InChI=1S/C7H3BrClIN2/c8-4-2-11-7-3(6(4)9)1-5(10)12-7/h1-2H,(H,11,12). The smallest absolute Gasteiger partial charge is 0.139 e. The quantitative estimate of drug-likeness (QED) is 0.718. The molecule has 2 rings (SSSR count). The van der Waals surface area contributed by atoms with Gasteiger partial charge in [0, 0.05) is 11.6 Å². The molecule has 2 heterocycles. The Kier molecular flexibility index (Phi) is 2.31. The van der Waals surface area contributed by atoms with Crippen molar-refractivity contribution in [2.24, 2.45) is 0 Å². The highest BCUT2D eigenvalue weighted by Gasteiger charge is 2.06. The Morgan fingerprint density at radius 3 is 3.08 bits per heavy atom. The summed E-state index contributed by atoms with van der Waals surface area (Å²) in [4.78, 5) is 7.27. The number of rotatable bonds is 0. The fourth-order valence-electron chi connectivity index (χ4n) is 0.987. The minimum Gasteiger partial charge on any atom is -0.335 e. The Labute approximate surface area is 96.0 Å². The molecule has 0 amide bonds. The topological polar surface area (TPSA) is 28.7 Å². The highest BCUT2D eigenvalue weighted by molar-refractivity contribution is 14.1. The average Bonchev–Trinajstić information content (AvgIpc) is 2.39. The molecule has 62 valence electrons. The summed E-state index contributed by atoms with van der Waals surface area (Å²) < 4.78 is 1.86. The first-order valence-corrected chi connectivity index (χ1v) is 5.41. The molecule has 0 aliphatic carbocycles. The van der Waals surface area contributed by atoms with Gasteiger partial charge < -0.3 is 4.98 Å². The number of hydrogen-bond donors (Lipinski definition) is 1. The van der Waals surface area contributed by atoms with E-state index < -0.39 is 0 Å². The zero-order valence-electron chi connectivity index (χ0n) is 5.74.